The molecule has 0 atom stereocenters. The summed E-state index contributed by atoms with van der Waals surface area (Å²) in [6, 6.07) is 12.0. The first-order valence-corrected chi connectivity index (χ1v) is 6.98. The van der Waals surface area contributed by atoms with Gasteiger partial charge in [-0.2, -0.15) is 0 Å². The zero-order valence-corrected chi connectivity index (χ0v) is 11.4. The summed E-state index contributed by atoms with van der Waals surface area (Å²) in [6.07, 6.45) is 1.88. The quantitative estimate of drug-likeness (QED) is 0.779. The summed E-state index contributed by atoms with van der Waals surface area (Å²) in [5.74, 6) is -0.0230. The number of carbonyl (C=O) groups is 1. The molecule has 0 bridgehead atoms. The van der Waals surface area contributed by atoms with E-state index in [0.717, 1.165) is 21.3 Å². The molecular formula is C15H14N2OS. The Hall–Kier alpha value is -2.07. The third-order valence-corrected chi connectivity index (χ3v) is 4.02. The molecule has 3 nitrogen and oxygen atoms in total. The third-order valence-electron chi connectivity index (χ3n) is 3.14. The van der Waals surface area contributed by atoms with Gasteiger partial charge in [-0.1, -0.05) is 24.3 Å². The molecule has 0 spiro atoms. The second-order valence-corrected chi connectivity index (χ2v) is 5.47. The minimum Gasteiger partial charge on any atom is -0.350 e. The molecule has 0 aliphatic heterocycles. The number of nitrogens with one attached hydrogen (secondary N) is 1. The Bertz CT molecular complexity index is 713. The van der Waals surface area contributed by atoms with Crippen molar-refractivity contribution >= 4 is 28.1 Å². The Balaban J connectivity index is 1.85. The number of fused-ring (bicyclic) bond motifs is 1. The predicted octanol–water partition coefficient (Wildman–Crippen LogP) is 3.17. The SMILES string of the molecule is Cn1cc(C(=O)NCc2cccs2)c2ccccc21. The van der Waals surface area contributed by atoms with Crippen molar-refractivity contribution in [1.29, 1.82) is 0 Å². The van der Waals surface area contributed by atoms with Crippen molar-refractivity contribution < 1.29 is 4.79 Å². The van der Waals surface area contributed by atoms with Gasteiger partial charge in [-0.3, -0.25) is 4.79 Å². The highest BCUT2D eigenvalue weighted by atomic mass is 32.1. The first-order valence-electron chi connectivity index (χ1n) is 6.10. The normalized spacial score (nSPS) is 10.8. The van der Waals surface area contributed by atoms with Crippen LogP contribution in [0.2, 0.25) is 0 Å². The number of carbonyl (C=O) groups excluding carboxylic acids is 1. The van der Waals surface area contributed by atoms with Gasteiger partial charge in [0.2, 0.25) is 0 Å². The van der Waals surface area contributed by atoms with E-state index in [1.54, 1.807) is 11.3 Å². The summed E-state index contributed by atoms with van der Waals surface area (Å²) in [5, 5.41) is 5.97. The number of benzene rings is 1. The van der Waals surface area contributed by atoms with Crippen LogP contribution in [0.25, 0.3) is 10.9 Å². The number of amides is 1. The molecule has 1 aromatic carbocycles. The molecule has 2 aromatic heterocycles. The molecule has 0 saturated heterocycles. The maximum absolute atomic E-state index is 12.2. The van der Waals surface area contributed by atoms with E-state index < -0.39 is 0 Å². The second-order valence-electron chi connectivity index (χ2n) is 4.43. The number of hydrogen-bond acceptors (Lipinski definition) is 2. The number of aryl methyl sites for hydroxylation is 1. The summed E-state index contributed by atoms with van der Waals surface area (Å²) >= 11 is 1.65. The summed E-state index contributed by atoms with van der Waals surface area (Å²) < 4.78 is 1.98. The van der Waals surface area contributed by atoms with Crippen molar-refractivity contribution in [1.82, 2.24) is 9.88 Å². The van der Waals surface area contributed by atoms with E-state index >= 15 is 0 Å². The monoisotopic (exact) mass is 270 g/mol. The zero-order chi connectivity index (χ0) is 13.2. The van der Waals surface area contributed by atoms with E-state index in [-0.39, 0.29) is 5.91 Å². The van der Waals surface area contributed by atoms with Crippen molar-refractivity contribution in [3.8, 4) is 0 Å². The molecule has 0 unspecified atom stereocenters. The maximum Gasteiger partial charge on any atom is 0.253 e. The van der Waals surface area contributed by atoms with Gasteiger partial charge in [-0.15, -0.1) is 11.3 Å². The van der Waals surface area contributed by atoms with Crippen molar-refractivity contribution in [3.63, 3.8) is 0 Å². The van der Waals surface area contributed by atoms with E-state index in [2.05, 4.69) is 5.32 Å². The van der Waals surface area contributed by atoms with Crippen molar-refractivity contribution in [2.75, 3.05) is 0 Å². The average Bonchev–Trinajstić information content (AvgIpc) is 3.05. The highest BCUT2D eigenvalue weighted by Crippen LogP contribution is 2.20. The molecule has 3 aromatic rings. The number of nitrogens with zero attached hydrogens (tertiary/aromatic N) is 1. The van der Waals surface area contributed by atoms with Crippen LogP contribution in [0, 0.1) is 0 Å². The molecule has 19 heavy (non-hydrogen) atoms. The van der Waals surface area contributed by atoms with Gasteiger partial charge in [0.05, 0.1) is 12.1 Å². The van der Waals surface area contributed by atoms with E-state index in [0.29, 0.717) is 6.54 Å². The molecule has 1 N–H and O–H groups in total. The van der Waals surface area contributed by atoms with Crippen LogP contribution in [0.15, 0.2) is 48.0 Å². The molecular weight excluding hydrogens is 256 g/mol. The highest BCUT2D eigenvalue weighted by Gasteiger charge is 2.13. The lowest BCUT2D eigenvalue weighted by atomic mass is 10.1. The second kappa shape index (κ2) is 4.90. The van der Waals surface area contributed by atoms with Crippen LogP contribution in [0.5, 0.6) is 0 Å². The molecule has 0 saturated carbocycles. The third kappa shape index (κ3) is 2.27. The van der Waals surface area contributed by atoms with Gasteiger partial charge in [-0.25, -0.2) is 0 Å². The summed E-state index contributed by atoms with van der Waals surface area (Å²) in [7, 11) is 1.96. The van der Waals surface area contributed by atoms with Crippen molar-refractivity contribution in [2.45, 2.75) is 6.54 Å². The number of para-hydroxylation sites is 1. The minimum atomic E-state index is -0.0230. The van der Waals surface area contributed by atoms with Gasteiger partial charge >= 0.3 is 0 Å². The van der Waals surface area contributed by atoms with Gasteiger partial charge in [0.1, 0.15) is 0 Å². The van der Waals surface area contributed by atoms with Gasteiger partial charge in [0.15, 0.2) is 0 Å². The first-order chi connectivity index (χ1) is 9.25. The Labute approximate surface area is 115 Å². The Kier molecular flexibility index (Phi) is 3.09. The van der Waals surface area contributed by atoms with E-state index in [1.165, 1.54) is 0 Å². The smallest absolute Gasteiger partial charge is 0.253 e. The Morgan fingerprint density at radius 3 is 2.89 bits per heavy atom. The molecule has 0 radical (unpaired) electrons. The molecule has 0 fully saturated rings. The number of hydrogen-bond donors (Lipinski definition) is 1. The fraction of sp³-hybridized carbons (Fsp3) is 0.133. The first kappa shape index (κ1) is 12.0. The van der Waals surface area contributed by atoms with Crippen molar-refractivity contribution in [2.24, 2.45) is 7.05 Å². The molecule has 2 heterocycles. The number of rotatable bonds is 3. The van der Waals surface area contributed by atoms with Crippen LogP contribution < -0.4 is 5.32 Å². The van der Waals surface area contributed by atoms with Gasteiger partial charge in [-0.05, 0) is 17.5 Å². The predicted molar refractivity (Wildman–Crippen MR) is 78.4 cm³/mol. The number of thiophene rings is 1. The van der Waals surface area contributed by atoms with Crippen LogP contribution >= 0.6 is 11.3 Å². The molecule has 1 amide bonds. The van der Waals surface area contributed by atoms with Crippen LogP contribution in [-0.4, -0.2) is 10.5 Å². The standard InChI is InChI=1S/C15H14N2OS/c1-17-10-13(12-6-2-3-7-14(12)17)15(18)16-9-11-5-4-8-19-11/h2-8,10H,9H2,1H3,(H,16,18). The minimum absolute atomic E-state index is 0.0230. The maximum atomic E-state index is 12.2. The van der Waals surface area contributed by atoms with E-state index in [4.69, 9.17) is 0 Å². The van der Waals surface area contributed by atoms with E-state index in [1.807, 2.05) is 59.6 Å². The van der Waals surface area contributed by atoms with Gasteiger partial charge < -0.3 is 9.88 Å². The lowest BCUT2D eigenvalue weighted by molar-refractivity contribution is 0.0953. The number of aromatic nitrogens is 1. The van der Waals surface area contributed by atoms with Crippen LogP contribution in [0.4, 0.5) is 0 Å². The molecule has 0 aliphatic carbocycles. The topological polar surface area (TPSA) is 34.0 Å². The van der Waals surface area contributed by atoms with Crippen LogP contribution in [0.1, 0.15) is 15.2 Å². The molecule has 96 valence electrons. The Morgan fingerprint density at radius 2 is 2.11 bits per heavy atom. The zero-order valence-electron chi connectivity index (χ0n) is 10.6. The van der Waals surface area contributed by atoms with Gasteiger partial charge in [0, 0.05) is 29.0 Å². The molecule has 3 rings (SSSR count). The fourth-order valence-electron chi connectivity index (χ4n) is 2.20. The molecule has 4 heteroatoms. The highest BCUT2D eigenvalue weighted by molar-refractivity contribution is 7.09. The summed E-state index contributed by atoms with van der Waals surface area (Å²) in [4.78, 5) is 13.4. The lowest BCUT2D eigenvalue weighted by Crippen LogP contribution is -2.22. The fourth-order valence-corrected chi connectivity index (χ4v) is 2.84. The lowest BCUT2D eigenvalue weighted by Gasteiger charge is -2.02. The van der Waals surface area contributed by atoms with Gasteiger partial charge in [0.25, 0.3) is 5.91 Å². The van der Waals surface area contributed by atoms with E-state index in [9.17, 15) is 4.79 Å². The summed E-state index contributed by atoms with van der Waals surface area (Å²) in [6.45, 7) is 0.583. The molecule has 0 aliphatic rings. The summed E-state index contributed by atoms with van der Waals surface area (Å²) in [5.41, 5.74) is 1.80. The average molecular weight is 270 g/mol. The van der Waals surface area contributed by atoms with Crippen LogP contribution in [-0.2, 0) is 13.6 Å². The Morgan fingerprint density at radius 1 is 1.26 bits per heavy atom. The largest absolute Gasteiger partial charge is 0.350 e. The van der Waals surface area contributed by atoms with Crippen LogP contribution in [0.3, 0.4) is 0 Å². The van der Waals surface area contributed by atoms with Crippen molar-refractivity contribution in [3.05, 3.63) is 58.4 Å².